The van der Waals surface area contributed by atoms with Gasteiger partial charge in [-0.1, -0.05) is 23.8 Å². The van der Waals surface area contributed by atoms with Crippen molar-refractivity contribution < 1.29 is 13.2 Å². The van der Waals surface area contributed by atoms with Crippen molar-refractivity contribution in [3.8, 4) is 5.75 Å². The minimum absolute atomic E-state index is 0.138. The van der Waals surface area contributed by atoms with Crippen molar-refractivity contribution in [2.24, 2.45) is 5.10 Å². The maximum atomic E-state index is 12.2. The van der Waals surface area contributed by atoms with Gasteiger partial charge in [-0.05, 0) is 56.2 Å². The van der Waals surface area contributed by atoms with Crippen LogP contribution in [0.1, 0.15) is 23.6 Å². The minimum atomic E-state index is -3.69. The number of hydrogen-bond donors (Lipinski definition) is 1. The first-order valence-electron chi connectivity index (χ1n) is 7.27. The molecule has 5 nitrogen and oxygen atoms in total. The predicted octanol–water partition coefficient (Wildman–Crippen LogP) is 3.01. The summed E-state index contributed by atoms with van der Waals surface area (Å²) in [6, 6.07) is 12.1. The van der Waals surface area contributed by atoms with Gasteiger partial charge in [-0.25, -0.2) is 4.83 Å². The van der Waals surface area contributed by atoms with Gasteiger partial charge in [0.2, 0.25) is 0 Å². The van der Waals surface area contributed by atoms with E-state index >= 15 is 0 Å². The van der Waals surface area contributed by atoms with Crippen LogP contribution >= 0.6 is 0 Å². The highest BCUT2D eigenvalue weighted by atomic mass is 32.2. The summed E-state index contributed by atoms with van der Waals surface area (Å²) in [4.78, 5) is 2.36. The quantitative estimate of drug-likeness (QED) is 0.653. The second-order valence-corrected chi connectivity index (χ2v) is 6.78. The van der Waals surface area contributed by atoms with E-state index in [2.05, 4.69) is 9.93 Å². The number of aryl methyl sites for hydroxylation is 2. The summed E-state index contributed by atoms with van der Waals surface area (Å²) in [5.74, 6) is 0.630. The third kappa shape index (κ3) is 4.56. The van der Waals surface area contributed by atoms with Gasteiger partial charge in [0.25, 0.3) is 10.0 Å². The van der Waals surface area contributed by atoms with Gasteiger partial charge >= 0.3 is 0 Å². The molecule has 0 heterocycles. The van der Waals surface area contributed by atoms with Gasteiger partial charge in [0.1, 0.15) is 5.75 Å². The van der Waals surface area contributed by atoms with Crippen molar-refractivity contribution in [3.63, 3.8) is 0 Å². The van der Waals surface area contributed by atoms with Crippen LogP contribution < -0.4 is 9.57 Å². The minimum Gasteiger partial charge on any atom is -0.494 e. The molecule has 0 aliphatic heterocycles. The van der Waals surface area contributed by atoms with Crippen molar-refractivity contribution in [2.75, 3.05) is 6.61 Å². The molecule has 0 aromatic heterocycles. The van der Waals surface area contributed by atoms with Crippen molar-refractivity contribution in [1.82, 2.24) is 4.83 Å². The van der Waals surface area contributed by atoms with Gasteiger partial charge < -0.3 is 4.74 Å². The molecule has 0 atom stereocenters. The first kappa shape index (κ1) is 17.0. The van der Waals surface area contributed by atoms with E-state index in [4.69, 9.17) is 4.74 Å². The molecular weight excluding hydrogens is 312 g/mol. The molecule has 0 fully saturated rings. The summed E-state index contributed by atoms with van der Waals surface area (Å²) in [6.45, 7) is 6.36. The highest BCUT2D eigenvalue weighted by Crippen LogP contribution is 2.15. The third-order valence-electron chi connectivity index (χ3n) is 3.25. The van der Waals surface area contributed by atoms with Crippen LogP contribution in [0.2, 0.25) is 0 Å². The van der Waals surface area contributed by atoms with E-state index in [0.29, 0.717) is 12.4 Å². The average molecular weight is 332 g/mol. The molecule has 0 saturated carbocycles. The first-order valence-corrected chi connectivity index (χ1v) is 8.75. The third-order valence-corrected chi connectivity index (χ3v) is 4.49. The highest BCUT2D eigenvalue weighted by Gasteiger charge is 2.12. The lowest BCUT2D eigenvalue weighted by atomic mass is 10.1. The Bertz CT molecular complexity index is 797. The molecule has 0 spiro atoms. The van der Waals surface area contributed by atoms with Gasteiger partial charge in [-0.2, -0.15) is 13.5 Å². The molecule has 0 radical (unpaired) electrons. The summed E-state index contributed by atoms with van der Waals surface area (Å²) in [6.07, 6.45) is 1.50. The lowest BCUT2D eigenvalue weighted by Crippen LogP contribution is -2.18. The summed E-state index contributed by atoms with van der Waals surface area (Å²) < 4.78 is 29.6. The Morgan fingerprint density at radius 1 is 1.13 bits per heavy atom. The Morgan fingerprint density at radius 3 is 2.43 bits per heavy atom. The van der Waals surface area contributed by atoms with E-state index in [9.17, 15) is 8.42 Å². The van der Waals surface area contributed by atoms with Crippen LogP contribution in [0.4, 0.5) is 0 Å². The van der Waals surface area contributed by atoms with Gasteiger partial charge in [0.15, 0.2) is 0 Å². The van der Waals surface area contributed by atoms with E-state index in [1.165, 1.54) is 18.3 Å². The summed E-state index contributed by atoms with van der Waals surface area (Å²) in [5, 5.41) is 3.84. The molecule has 2 aromatic carbocycles. The Morgan fingerprint density at radius 2 is 1.83 bits per heavy atom. The van der Waals surface area contributed by atoms with Crippen molar-refractivity contribution >= 4 is 16.2 Å². The number of nitrogens with zero attached hydrogens (tertiary/aromatic N) is 1. The van der Waals surface area contributed by atoms with E-state index in [-0.39, 0.29) is 4.90 Å². The molecule has 122 valence electrons. The molecule has 0 amide bonds. The second kappa shape index (κ2) is 7.28. The number of hydrogen-bond acceptors (Lipinski definition) is 4. The van der Waals surface area contributed by atoms with E-state index in [0.717, 1.165) is 16.7 Å². The Labute approximate surface area is 137 Å². The fourth-order valence-electron chi connectivity index (χ4n) is 2.07. The van der Waals surface area contributed by atoms with Crippen molar-refractivity contribution in [3.05, 3.63) is 59.2 Å². The smallest absolute Gasteiger partial charge is 0.276 e. The molecule has 2 rings (SSSR count). The van der Waals surface area contributed by atoms with E-state index < -0.39 is 10.0 Å². The van der Waals surface area contributed by atoms with Crippen molar-refractivity contribution in [1.29, 1.82) is 0 Å². The van der Waals surface area contributed by atoms with Crippen LogP contribution in [0.3, 0.4) is 0 Å². The Hall–Kier alpha value is -2.34. The lowest BCUT2D eigenvalue weighted by Gasteiger charge is -2.06. The molecule has 0 aliphatic rings. The largest absolute Gasteiger partial charge is 0.494 e. The molecule has 0 saturated heterocycles. The summed E-state index contributed by atoms with van der Waals surface area (Å²) in [7, 11) is -3.69. The number of ether oxygens (including phenoxy) is 1. The maximum absolute atomic E-state index is 12.2. The van der Waals surface area contributed by atoms with Gasteiger partial charge in [0, 0.05) is 0 Å². The predicted molar refractivity (Wildman–Crippen MR) is 91.4 cm³/mol. The topological polar surface area (TPSA) is 67.8 Å². The van der Waals surface area contributed by atoms with E-state index in [1.807, 2.05) is 39.0 Å². The summed E-state index contributed by atoms with van der Waals surface area (Å²) >= 11 is 0. The lowest BCUT2D eigenvalue weighted by molar-refractivity contribution is 0.340. The highest BCUT2D eigenvalue weighted by molar-refractivity contribution is 7.89. The number of sulfonamides is 1. The monoisotopic (exact) mass is 332 g/mol. The molecular formula is C17H20N2O3S. The fraction of sp³-hybridized carbons (Fsp3) is 0.235. The number of rotatable bonds is 6. The zero-order valence-corrected chi connectivity index (χ0v) is 14.2. The number of hydrazone groups is 1. The SMILES string of the molecule is CCOc1ccc(S(=O)(=O)N/N=C\c2ccc(C)cc2C)cc1. The number of benzene rings is 2. The fourth-order valence-corrected chi connectivity index (χ4v) is 2.86. The second-order valence-electron chi connectivity index (χ2n) is 5.12. The average Bonchev–Trinajstić information content (AvgIpc) is 2.50. The van der Waals surface area contributed by atoms with E-state index in [1.54, 1.807) is 12.1 Å². The Kier molecular flexibility index (Phi) is 5.39. The molecule has 23 heavy (non-hydrogen) atoms. The van der Waals surface area contributed by atoms with Crippen LogP contribution in [-0.4, -0.2) is 21.2 Å². The Balaban J connectivity index is 2.10. The van der Waals surface area contributed by atoms with Crippen LogP contribution in [-0.2, 0) is 10.0 Å². The van der Waals surface area contributed by atoms with Gasteiger partial charge in [-0.3, -0.25) is 0 Å². The standard InChI is InChI=1S/C17H20N2O3S/c1-4-22-16-7-9-17(10-8-16)23(20,21)19-18-12-15-6-5-13(2)11-14(15)3/h5-12,19H,4H2,1-3H3/b18-12-. The molecule has 1 N–H and O–H groups in total. The summed E-state index contributed by atoms with van der Waals surface area (Å²) in [5.41, 5.74) is 3.05. The molecule has 0 aliphatic carbocycles. The van der Waals surface area contributed by atoms with Gasteiger partial charge in [-0.15, -0.1) is 0 Å². The van der Waals surface area contributed by atoms with Gasteiger partial charge in [0.05, 0.1) is 17.7 Å². The molecule has 0 unspecified atom stereocenters. The number of nitrogens with one attached hydrogen (secondary N) is 1. The normalized spacial score (nSPS) is 11.6. The van der Waals surface area contributed by atoms with Crippen LogP contribution in [0.25, 0.3) is 0 Å². The van der Waals surface area contributed by atoms with Crippen LogP contribution in [0, 0.1) is 13.8 Å². The van der Waals surface area contributed by atoms with Crippen molar-refractivity contribution in [2.45, 2.75) is 25.7 Å². The first-order chi connectivity index (χ1) is 10.9. The van der Waals surface area contributed by atoms with Crippen LogP contribution in [0.5, 0.6) is 5.75 Å². The molecule has 6 heteroatoms. The maximum Gasteiger partial charge on any atom is 0.276 e. The van der Waals surface area contributed by atoms with Crippen LogP contribution in [0.15, 0.2) is 52.5 Å². The molecule has 2 aromatic rings. The zero-order chi connectivity index (χ0) is 16.9. The zero-order valence-electron chi connectivity index (χ0n) is 13.4. The molecule has 0 bridgehead atoms.